The molecule has 0 spiro atoms. The number of para-hydroxylation sites is 1. The van der Waals surface area contributed by atoms with Crippen LogP contribution in [0.5, 0.6) is 11.5 Å². The Kier molecular flexibility index (Phi) is 6.02. The summed E-state index contributed by atoms with van der Waals surface area (Å²) < 4.78 is 11.9. The number of rotatable bonds is 5. The van der Waals surface area contributed by atoms with Gasteiger partial charge < -0.3 is 9.47 Å². The van der Waals surface area contributed by atoms with Gasteiger partial charge in [0.2, 0.25) is 0 Å². The third kappa shape index (κ3) is 4.18. The average Bonchev–Trinajstić information content (AvgIpc) is 3.05. The van der Waals surface area contributed by atoms with Gasteiger partial charge in [0, 0.05) is 41.7 Å². The van der Waals surface area contributed by atoms with Gasteiger partial charge in [0.05, 0.1) is 12.6 Å². The van der Waals surface area contributed by atoms with Gasteiger partial charge in [0.25, 0.3) is 0 Å². The van der Waals surface area contributed by atoms with Crippen LogP contribution in [0, 0.1) is 0 Å². The Bertz CT molecular complexity index is 1240. The van der Waals surface area contributed by atoms with E-state index in [0.29, 0.717) is 6.61 Å². The van der Waals surface area contributed by atoms with Crippen molar-refractivity contribution in [1.29, 1.82) is 0 Å². The van der Waals surface area contributed by atoms with E-state index < -0.39 is 0 Å². The molecule has 0 fully saturated rings. The molecule has 1 aliphatic heterocycles. The summed E-state index contributed by atoms with van der Waals surface area (Å²) in [6.45, 7) is 3.10. The molecular formula is C27H26N2O2S. The number of thioether (sulfide) groups is 1. The van der Waals surface area contributed by atoms with Crippen molar-refractivity contribution >= 4 is 22.7 Å². The van der Waals surface area contributed by atoms with Crippen LogP contribution in [0.15, 0.2) is 77.8 Å². The van der Waals surface area contributed by atoms with Crippen molar-refractivity contribution in [2.45, 2.75) is 18.0 Å². The highest BCUT2D eigenvalue weighted by Gasteiger charge is 2.21. The van der Waals surface area contributed by atoms with E-state index in [0.717, 1.165) is 47.8 Å². The normalized spacial score (nSPS) is 13.9. The number of hydrogen-bond donors (Lipinski definition) is 0. The molecule has 0 amide bonds. The third-order valence-corrected chi connectivity index (χ3v) is 6.68. The lowest BCUT2D eigenvalue weighted by Crippen LogP contribution is -2.25. The molecule has 4 aromatic rings. The molecule has 4 nitrogen and oxygen atoms in total. The van der Waals surface area contributed by atoms with E-state index >= 15 is 0 Å². The van der Waals surface area contributed by atoms with Gasteiger partial charge in [0.15, 0.2) is 11.5 Å². The number of methoxy groups -OCH3 is 1. The number of ether oxygens (including phenoxy) is 2. The summed E-state index contributed by atoms with van der Waals surface area (Å²) in [5, 5.41) is 1.18. The van der Waals surface area contributed by atoms with Crippen molar-refractivity contribution < 1.29 is 9.47 Å². The Balaban J connectivity index is 1.48. The first-order valence-electron chi connectivity index (χ1n) is 10.8. The molecule has 5 rings (SSSR count). The molecule has 0 atom stereocenters. The van der Waals surface area contributed by atoms with Crippen molar-refractivity contribution in [2.24, 2.45) is 0 Å². The number of pyridine rings is 1. The van der Waals surface area contributed by atoms with Gasteiger partial charge in [0.1, 0.15) is 6.61 Å². The smallest absolute Gasteiger partial charge is 0.165 e. The van der Waals surface area contributed by atoms with Crippen LogP contribution in [0.25, 0.3) is 22.0 Å². The molecular weight excluding hydrogens is 416 g/mol. The molecule has 5 heteroatoms. The van der Waals surface area contributed by atoms with E-state index in [1.165, 1.54) is 21.4 Å². The summed E-state index contributed by atoms with van der Waals surface area (Å²) in [6.07, 6.45) is 3.96. The zero-order chi connectivity index (χ0) is 21.9. The molecule has 0 saturated carbocycles. The number of benzene rings is 3. The zero-order valence-electron chi connectivity index (χ0n) is 18.4. The second-order valence-corrected chi connectivity index (χ2v) is 8.83. The van der Waals surface area contributed by atoms with Crippen LogP contribution in [-0.4, -0.2) is 36.4 Å². The van der Waals surface area contributed by atoms with Crippen LogP contribution in [0.2, 0.25) is 0 Å². The largest absolute Gasteiger partial charge is 0.493 e. The SMILES string of the molecule is COc1cc(-c2ccc(SC)cc2)cc2c1OCCN(Cc1cccc3cccnc13)C2. The molecule has 1 aromatic heterocycles. The standard InChI is InChI=1S/C27H26N2O2S/c1-30-25-16-22(19-8-10-24(32-2)11-9-19)15-23-18-29(13-14-31-27(23)25)17-21-6-3-5-20-7-4-12-28-26(20)21/h3-12,15-16H,13-14,17-18H2,1-2H3. The van der Waals surface area contributed by atoms with E-state index in [2.05, 4.69) is 76.8 Å². The average molecular weight is 443 g/mol. The lowest BCUT2D eigenvalue weighted by Gasteiger charge is -2.20. The quantitative estimate of drug-likeness (QED) is 0.353. The van der Waals surface area contributed by atoms with Crippen LogP contribution >= 0.6 is 11.8 Å². The van der Waals surface area contributed by atoms with E-state index in [1.807, 2.05) is 12.3 Å². The summed E-state index contributed by atoms with van der Waals surface area (Å²) in [7, 11) is 1.71. The minimum Gasteiger partial charge on any atom is -0.493 e. The van der Waals surface area contributed by atoms with Crippen LogP contribution in [0.3, 0.4) is 0 Å². The highest BCUT2D eigenvalue weighted by Crippen LogP contribution is 2.39. The van der Waals surface area contributed by atoms with E-state index in [1.54, 1.807) is 18.9 Å². The molecule has 2 heterocycles. The Hall–Kier alpha value is -3.02. The Labute approximate surface area is 193 Å². The second kappa shape index (κ2) is 9.23. The van der Waals surface area contributed by atoms with E-state index in [-0.39, 0.29) is 0 Å². The Morgan fingerprint density at radius 2 is 1.88 bits per heavy atom. The van der Waals surface area contributed by atoms with Crippen LogP contribution < -0.4 is 9.47 Å². The van der Waals surface area contributed by atoms with Crippen LogP contribution in [0.4, 0.5) is 0 Å². The Morgan fingerprint density at radius 3 is 2.69 bits per heavy atom. The fraction of sp³-hybridized carbons (Fsp3) is 0.222. The van der Waals surface area contributed by atoms with Crippen molar-refractivity contribution in [3.63, 3.8) is 0 Å². The highest BCUT2D eigenvalue weighted by atomic mass is 32.2. The number of aromatic nitrogens is 1. The monoisotopic (exact) mass is 442 g/mol. The second-order valence-electron chi connectivity index (χ2n) is 7.95. The molecule has 0 saturated heterocycles. The van der Waals surface area contributed by atoms with Crippen molar-refractivity contribution in [3.8, 4) is 22.6 Å². The molecule has 162 valence electrons. The minimum atomic E-state index is 0.628. The molecule has 0 unspecified atom stereocenters. The molecule has 0 radical (unpaired) electrons. The van der Waals surface area contributed by atoms with E-state index in [9.17, 15) is 0 Å². The number of nitrogens with zero attached hydrogens (tertiary/aromatic N) is 2. The molecule has 0 bridgehead atoms. The zero-order valence-corrected chi connectivity index (χ0v) is 19.2. The van der Waals surface area contributed by atoms with Crippen LogP contribution in [-0.2, 0) is 13.1 Å². The summed E-state index contributed by atoms with van der Waals surface area (Å²) in [5.74, 6) is 1.65. The maximum absolute atomic E-state index is 6.17. The predicted molar refractivity (Wildman–Crippen MR) is 132 cm³/mol. The van der Waals surface area contributed by atoms with E-state index in [4.69, 9.17) is 9.47 Å². The summed E-state index contributed by atoms with van der Waals surface area (Å²) in [4.78, 5) is 8.31. The van der Waals surface area contributed by atoms with Gasteiger partial charge in [-0.3, -0.25) is 9.88 Å². The maximum atomic E-state index is 6.17. The van der Waals surface area contributed by atoms with Gasteiger partial charge in [-0.25, -0.2) is 0 Å². The maximum Gasteiger partial charge on any atom is 0.165 e. The first-order valence-corrected chi connectivity index (χ1v) is 12.0. The summed E-state index contributed by atoms with van der Waals surface area (Å²) >= 11 is 1.75. The number of hydrogen-bond acceptors (Lipinski definition) is 5. The summed E-state index contributed by atoms with van der Waals surface area (Å²) in [5.41, 5.74) is 5.78. The lowest BCUT2D eigenvalue weighted by atomic mass is 10.0. The van der Waals surface area contributed by atoms with Gasteiger partial charge >= 0.3 is 0 Å². The van der Waals surface area contributed by atoms with Crippen molar-refractivity contribution in [2.75, 3.05) is 26.5 Å². The first-order chi connectivity index (χ1) is 15.7. The molecule has 0 N–H and O–H groups in total. The minimum absolute atomic E-state index is 0.628. The molecule has 0 aliphatic carbocycles. The third-order valence-electron chi connectivity index (χ3n) is 5.93. The van der Waals surface area contributed by atoms with Gasteiger partial charge in [-0.1, -0.05) is 36.4 Å². The number of fused-ring (bicyclic) bond motifs is 2. The first kappa shape index (κ1) is 20.9. The summed E-state index contributed by atoms with van der Waals surface area (Å²) in [6, 6.07) is 23.5. The predicted octanol–water partition coefficient (Wildman–Crippen LogP) is 6.03. The molecule has 1 aliphatic rings. The van der Waals surface area contributed by atoms with Gasteiger partial charge in [-0.2, -0.15) is 0 Å². The fourth-order valence-electron chi connectivity index (χ4n) is 4.31. The van der Waals surface area contributed by atoms with Gasteiger partial charge in [-0.15, -0.1) is 11.8 Å². The lowest BCUT2D eigenvalue weighted by molar-refractivity contribution is 0.217. The molecule has 32 heavy (non-hydrogen) atoms. The highest BCUT2D eigenvalue weighted by molar-refractivity contribution is 7.98. The molecule has 3 aromatic carbocycles. The van der Waals surface area contributed by atoms with Crippen molar-refractivity contribution in [1.82, 2.24) is 9.88 Å². The Morgan fingerprint density at radius 1 is 1.03 bits per heavy atom. The van der Waals surface area contributed by atoms with Gasteiger partial charge in [-0.05, 0) is 53.3 Å². The van der Waals surface area contributed by atoms with Crippen LogP contribution in [0.1, 0.15) is 11.1 Å². The fourth-order valence-corrected chi connectivity index (χ4v) is 4.72. The topological polar surface area (TPSA) is 34.6 Å². The van der Waals surface area contributed by atoms with Crippen molar-refractivity contribution in [3.05, 3.63) is 84.1 Å².